The molecular weight excluding hydrogens is 338 g/mol. The van der Waals surface area contributed by atoms with E-state index in [1.54, 1.807) is 23.5 Å². The second-order valence-electron chi connectivity index (χ2n) is 5.40. The monoisotopic (exact) mass is 361 g/mol. The Morgan fingerprint density at radius 1 is 1.12 bits per heavy atom. The summed E-state index contributed by atoms with van der Waals surface area (Å²) in [7, 11) is 0. The highest BCUT2D eigenvalue weighted by atomic mass is 32.2. The Morgan fingerprint density at radius 3 is 2.54 bits per heavy atom. The molecule has 0 aliphatic rings. The zero-order valence-corrected chi connectivity index (χ0v) is 15.9. The summed E-state index contributed by atoms with van der Waals surface area (Å²) < 4.78 is 5.84. The van der Waals surface area contributed by atoms with Crippen molar-refractivity contribution in [3.05, 3.63) is 53.6 Å². The average Bonchev–Trinajstić information content (AvgIpc) is 2.57. The van der Waals surface area contributed by atoms with Gasteiger partial charge in [0.1, 0.15) is 5.75 Å². The number of ether oxygens (including phenoxy) is 1. The van der Waals surface area contributed by atoms with E-state index in [9.17, 15) is 4.79 Å². The number of benzene rings is 2. The molecule has 24 heavy (non-hydrogen) atoms. The summed E-state index contributed by atoms with van der Waals surface area (Å²) in [4.78, 5) is 13.1. The van der Waals surface area contributed by atoms with E-state index >= 15 is 0 Å². The van der Waals surface area contributed by atoms with Gasteiger partial charge in [-0.25, -0.2) is 0 Å². The molecule has 0 fully saturated rings. The van der Waals surface area contributed by atoms with E-state index in [1.807, 2.05) is 62.6 Å². The highest BCUT2D eigenvalue weighted by Gasteiger charge is 2.05. The number of thioether (sulfide) groups is 2. The second kappa shape index (κ2) is 9.64. The third-order valence-corrected chi connectivity index (χ3v) is 5.12. The number of hydrogen-bond acceptors (Lipinski definition) is 4. The molecule has 0 spiro atoms. The number of hydrogen-bond donors (Lipinski definition) is 1. The SMILES string of the molecule is CSc1cccc(NC(=O)CSCCOc2c(C)cccc2C)c1. The van der Waals surface area contributed by atoms with Gasteiger partial charge < -0.3 is 10.1 Å². The normalized spacial score (nSPS) is 10.5. The van der Waals surface area contributed by atoms with Gasteiger partial charge in [-0.15, -0.1) is 23.5 Å². The first kappa shape index (κ1) is 18.7. The summed E-state index contributed by atoms with van der Waals surface area (Å²) in [6.07, 6.45) is 2.02. The number of amides is 1. The van der Waals surface area contributed by atoms with E-state index in [1.165, 1.54) is 0 Å². The first-order valence-electron chi connectivity index (χ1n) is 7.81. The minimum atomic E-state index is 0.0188. The molecule has 0 aliphatic carbocycles. The lowest BCUT2D eigenvalue weighted by molar-refractivity contribution is -0.113. The summed E-state index contributed by atoms with van der Waals surface area (Å²) in [5, 5.41) is 2.93. The Hall–Kier alpha value is -1.59. The van der Waals surface area contributed by atoms with E-state index in [-0.39, 0.29) is 5.91 Å². The van der Waals surface area contributed by atoms with Gasteiger partial charge >= 0.3 is 0 Å². The maximum Gasteiger partial charge on any atom is 0.234 e. The molecule has 2 aromatic rings. The van der Waals surface area contributed by atoms with E-state index in [0.717, 1.165) is 33.2 Å². The van der Waals surface area contributed by atoms with Gasteiger partial charge in [-0.2, -0.15) is 0 Å². The lowest BCUT2D eigenvalue weighted by Gasteiger charge is -2.11. The third-order valence-electron chi connectivity index (χ3n) is 3.47. The van der Waals surface area contributed by atoms with Crippen LogP contribution in [0.5, 0.6) is 5.75 Å². The maximum atomic E-state index is 12.0. The van der Waals surface area contributed by atoms with Crippen LogP contribution < -0.4 is 10.1 Å². The van der Waals surface area contributed by atoms with Crippen molar-refractivity contribution in [3.8, 4) is 5.75 Å². The quantitative estimate of drug-likeness (QED) is 0.543. The average molecular weight is 362 g/mol. The number of para-hydroxylation sites is 1. The van der Waals surface area contributed by atoms with Crippen LogP contribution in [0, 0.1) is 13.8 Å². The van der Waals surface area contributed by atoms with E-state index in [2.05, 4.69) is 5.32 Å². The molecule has 2 aromatic carbocycles. The summed E-state index contributed by atoms with van der Waals surface area (Å²) >= 11 is 3.24. The zero-order valence-electron chi connectivity index (χ0n) is 14.3. The molecule has 0 aliphatic heterocycles. The number of carbonyl (C=O) groups excluding carboxylic acids is 1. The highest BCUT2D eigenvalue weighted by molar-refractivity contribution is 8.00. The van der Waals surface area contributed by atoms with E-state index in [0.29, 0.717) is 12.4 Å². The zero-order chi connectivity index (χ0) is 17.4. The van der Waals surface area contributed by atoms with Gasteiger partial charge in [-0.3, -0.25) is 4.79 Å². The minimum Gasteiger partial charge on any atom is -0.492 e. The van der Waals surface area contributed by atoms with Crippen molar-refractivity contribution >= 4 is 35.1 Å². The Kier molecular flexibility index (Phi) is 7.53. The number of rotatable bonds is 8. The fourth-order valence-electron chi connectivity index (χ4n) is 2.29. The van der Waals surface area contributed by atoms with E-state index in [4.69, 9.17) is 4.74 Å². The molecule has 2 rings (SSSR count). The molecule has 0 saturated carbocycles. The van der Waals surface area contributed by atoms with Gasteiger partial charge in [0, 0.05) is 16.3 Å². The van der Waals surface area contributed by atoms with Crippen LogP contribution in [0.4, 0.5) is 5.69 Å². The van der Waals surface area contributed by atoms with E-state index < -0.39 is 0 Å². The fourth-order valence-corrected chi connectivity index (χ4v) is 3.35. The molecule has 0 heterocycles. The first-order valence-corrected chi connectivity index (χ1v) is 10.2. The lowest BCUT2D eigenvalue weighted by atomic mass is 10.1. The summed E-state index contributed by atoms with van der Waals surface area (Å²) in [6, 6.07) is 14.0. The Bertz CT molecular complexity index is 669. The van der Waals surface area contributed by atoms with Crippen LogP contribution in [-0.2, 0) is 4.79 Å². The number of nitrogens with one attached hydrogen (secondary N) is 1. The van der Waals surface area contributed by atoms with Crippen molar-refractivity contribution in [1.82, 2.24) is 0 Å². The molecule has 3 nitrogen and oxygen atoms in total. The van der Waals surface area contributed by atoms with Gasteiger partial charge in [0.15, 0.2) is 0 Å². The highest BCUT2D eigenvalue weighted by Crippen LogP contribution is 2.22. The fraction of sp³-hybridized carbons (Fsp3) is 0.316. The van der Waals surface area contributed by atoms with Crippen molar-refractivity contribution < 1.29 is 9.53 Å². The Balaban J connectivity index is 1.69. The second-order valence-corrected chi connectivity index (χ2v) is 7.39. The van der Waals surface area contributed by atoms with Crippen LogP contribution >= 0.6 is 23.5 Å². The number of anilines is 1. The van der Waals surface area contributed by atoms with Crippen molar-refractivity contribution in [3.63, 3.8) is 0 Å². The van der Waals surface area contributed by atoms with Crippen molar-refractivity contribution in [1.29, 1.82) is 0 Å². The number of aryl methyl sites for hydroxylation is 2. The topological polar surface area (TPSA) is 38.3 Å². The molecule has 0 bridgehead atoms. The van der Waals surface area contributed by atoms with Gasteiger partial charge in [-0.05, 0) is 49.4 Å². The Morgan fingerprint density at radius 2 is 1.83 bits per heavy atom. The molecule has 1 N–H and O–H groups in total. The first-order chi connectivity index (χ1) is 11.6. The lowest BCUT2D eigenvalue weighted by Crippen LogP contribution is -2.15. The van der Waals surface area contributed by atoms with Crippen molar-refractivity contribution in [2.75, 3.05) is 29.7 Å². The third kappa shape index (κ3) is 5.80. The van der Waals surface area contributed by atoms with Gasteiger partial charge in [0.25, 0.3) is 0 Å². The van der Waals surface area contributed by atoms with Crippen LogP contribution in [0.1, 0.15) is 11.1 Å². The maximum absolute atomic E-state index is 12.0. The Labute approximate surface area is 152 Å². The summed E-state index contributed by atoms with van der Waals surface area (Å²) in [5.74, 6) is 2.19. The van der Waals surface area contributed by atoms with Gasteiger partial charge in [0.2, 0.25) is 5.91 Å². The molecule has 1 amide bonds. The standard InChI is InChI=1S/C19H23NO2S2/c1-14-6-4-7-15(2)19(14)22-10-11-24-13-18(21)20-16-8-5-9-17(12-16)23-3/h4-9,12H,10-11,13H2,1-3H3,(H,20,21). The van der Waals surface area contributed by atoms with Crippen LogP contribution in [0.15, 0.2) is 47.4 Å². The van der Waals surface area contributed by atoms with Crippen LogP contribution in [0.2, 0.25) is 0 Å². The van der Waals surface area contributed by atoms with Crippen molar-refractivity contribution in [2.24, 2.45) is 0 Å². The number of carbonyl (C=O) groups is 1. The van der Waals surface area contributed by atoms with Gasteiger partial charge in [-0.1, -0.05) is 24.3 Å². The van der Waals surface area contributed by atoms with Crippen LogP contribution in [0.3, 0.4) is 0 Å². The molecule has 0 atom stereocenters. The molecule has 0 saturated heterocycles. The van der Waals surface area contributed by atoms with Crippen LogP contribution in [0.25, 0.3) is 0 Å². The van der Waals surface area contributed by atoms with Gasteiger partial charge in [0.05, 0.1) is 12.4 Å². The predicted octanol–water partition coefficient (Wildman–Crippen LogP) is 4.78. The predicted molar refractivity (Wildman–Crippen MR) is 106 cm³/mol. The van der Waals surface area contributed by atoms with Crippen molar-refractivity contribution in [2.45, 2.75) is 18.7 Å². The summed E-state index contributed by atoms with van der Waals surface area (Å²) in [5.41, 5.74) is 3.14. The smallest absolute Gasteiger partial charge is 0.234 e. The largest absolute Gasteiger partial charge is 0.492 e. The molecule has 0 radical (unpaired) electrons. The molecular formula is C19H23NO2S2. The summed E-state index contributed by atoms with van der Waals surface area (Å²) in [6.45, 7) is 4.70. The molecule has 0 unspecified atom stereocenters. The molecule has 0 aromatic heterocycles. The van der Waals surface area contributed by atoms with Crippen LogP contribution in [-0.4, -0.2) is 30.3 Å². The molecule has 128 valence electrons. The molecule has 5 heteroatoms. The minimum absolute atomic E-state index is 0.0188.